The molecule has 0 aliphatic carbocycles. The van der Waals surface area contributed by atoms with Crippen LogP contribution in [0.1, 0.15) is 28.7 Å². The molecule has 1 amide bonds. The Morgan fingerprint density at radius 3 is 2.36 bits per heavy atom. The van der Waals surface area contributed by atoms with Crippen molar-refractivity contribution in [1.29, 1.82) is 0 Å². The monoisotopic (exact) mass is 336 g/mol. The minimum atomic E-state index is -1.19. The fourth-order valence-corrected chi connectivity index (χ4v) is 2.57. The Balaban J connectivity index is 1.68. The molecule has 1 heterocycles. The molecule has 0 spiro atoms. The summed E-state index contributed by atoms with van der Waals surface area (Å²) in [6.07, 6.45) is 0. The van der Waals surface area contributed by atoms with Gasteiger partial charge in [-0.25, -0.2) is 0 Å². The van der Waals surface area contributed by atoms with Gasteiger partial charge in [0.1, 0.15) is 11.4 Å². The van der Waals surface area contributed by atoms with Crippen LogP contribution in [-0.4, -0.2) is 22.7 Å². The van der Waals surface area contributed by atoms with Crippen LogP contribution in [0, 0.1) is 6.92 Å². The maximum absolute atomic E-state index is 12.0. The average Bonchev–Trinajstić information content (AvgIpc) is 3.07. The number of amides is 1. The van der Waals surface area contributed by atoms with Crippen molar-refractivity contribution in [3.63, 3.8) is 0 Å². The van der Waals surface area contributed by atoms with Crippen LogP contribution in [-0.2, 0) is 5.60 Å². The molecule has 0 unspecified atom stereocenters. The van der Waals surface area contributed by atoms with Crippen LogP contribution in [0.2, 0.25) is 0 Å². The predicted molar refractivity (Wildman–Crippen MR) is 95.0 cm³/mol. The number of hydrogen-bond acceptors (Lipinski definition) is 4. The van der Waals surface area contributed by atoms with Crippen LogP contribution in [0.15, 0.2) is 65.2 Å². The summed E-state index contributed by atoms with van der Waals surface area (Å²) in [5.74, 6) is 0.187. The molecule has 0 fully saturated rings. The minimum Gasteiger partial charge on any atom is -0.384 e. The molecule has 0 saturated carbocycles. The second-order valence-corrected chi connectivity index (χ2v) is 6.22. The van der Waals surface area contributed by atoms with Crippen LogP contribution >= 0.6 is 0 Å². The van der Waals surface area contributed by atoms with Crippen molar-refractivity contribution >= 4 is 5.91 Å². The first-order valence-corrected chi connectivity index (χ1v) is 8.05. The maximum atomic E-state index is 12.0. The number of aryl methyl sites for hydroxylation is 1. The molecule has 1 atom stereocenters. The molecule has 25 heavy (non-hydrogen) atoms. The molecule has 0 bridgehead atoms. The summed E-state index contributed by atoms with van der Waals surface area (Å²) >= 11 is 0. The summed E-state index contributed by atoms with van der Waals surface area (Å²) < 4.78 is 4.88. The van der Waals surface area contributed by atoms with Gasteiger partial charge in [0, 0.05) is 6.07 Å². The standard InChI is InChI=1S/C20H20N2O3/c1-14-12-18(22-25-14)19(23)21-13-20(2,24)17-10-8-16(9-11-17)15-6-4-3-5-7-15/h3-12,24H,13H2,1-2H3,(H,21,23)/t20-/m1/s1. The van der Waals surface area contributed by atoms with E-state index in [1.54, 1.807) is 19.9 Å². The molecule has 0 aliphatic heterocycles. The lowest BCUT2D eigenvalue weighted by Gasteiger charge is -2.24. The van der Waals surface area contributed by atoms with Gasteiger partial charge in [-0.2, -0.15) is 0 Å². The van der Waals surface area contributed by atoms with E-state index in [9.17, 15) is 9.90 Å². The molecule has 0 saturated heterocycles. The largest absolute Gasteiger partial charge is 0.384 e. The third-order valence-electron chi connectivity index (χ3n) is 4.07. The summed E-state index contributed by atoms with van der Waals surface area (Å²) in [6.45, 7) is 3.45. The summed E-state index contributed by atoms with van der Waals surface area (Å²) in [7, 11) is 0. The van der Waals surface area contributed by atoms with Crippen molar-refractivity contribution in [2.24, 2.45) is 0 Å². The summed E-state index contributed by atoms with van der Waals surface area (Å²) in [5.41, 5.74) is 1.92. The lowest BCUT2D eigenvalue weighted by Crippen LogP contribution is -2.38. The van der Waals surface area contributed by atoms with Crippen molar-refractivity contribution in [3.8, 4) is 11.1 Å². The van der Waals surface area contributed by atoms with Crippen molar-refractivity contribution in [2.45, 2.75) is 19.4 Å². The number of benzene rings is 2. The highest BCUT2D eigenvalue weighted by Crippen LogP contribution is 2.24. The third kappa shape index (κ3) is 3.95. The second-order valence-electron chi connectivity index (χ2n) is 6.22. The number of hydrogen-bond donors (Lipinski definition) is 2. The molecule has 0 radical (unpaired) electrons. The Morgan fingerprint density at radius 2 is 1.76 bits per heavy atom. The molecular weight excluding hydrogens is 316 g/mol. The van der Waals surface area contributed by atoms with Gasteiger partial charge in [-0.05, 0) is 30.5 Å². The van der Waals surface area contributed by atoms with E-state index in [1.807, 2.05) is 54.6 Å². The van der Waals surface area contributed by atoms with Gasteiger partial charge in [0.25, 0.3) is 5.91 Å². The molecular formula is C20H20N2O3. The first kappa shape index (κ1) is 16.9. The smallest absolute Gasteiger partial charge is 0.273 e. The molecule has 5 nitrogen and oxygen atoms in total. The van der Waals surface area contributed by atoms with Crippen molar-refractivity contribution in [3.05, 3.63) is 77.7 Å². The van der Waals surface area contributed by atoms with E-state index in [2.05, 4.69) is 10.5 Å². The highest BCUT2D eigenvalue weighted by Gasteiger charge is 2.24. The molecule has 128 valence electrons. The molecule has 3 aromatic rings. The van der Waals surface area contributed by atoms with Gasteiger partial charge in [-0.1, -0.05) is 59.8 Å². The molecule has 1 aromatic heterocycles. The number of carbonyl (C=O) groups is 1. The van der Waals surface area contributed by atoms with Crippen molar-refractivity contribution in [2.75, 3.05) is 6.54 Å². The Hall–Kier alpha value is -2.92. The van der Waals surface area contributed by atoms with E-state index in [4.69, 9.17) is 4.52 Å². The van der Waals surface area contributed by atoms with Gasteiger partial charge in [0.05, 0.1) is 6.54 Å². The fraction of sp³-hybridized carbons (Fsp3) is 0.200. The van der Waals surface area contributed by atoms with Gasteiger partial charge in [0.15, 0.2) is 5.69 Å². The summed E-state index contributed by atoms with van der Waals surface area (Å²) in [5, 5.41) is 17.0. The van der Waals surface area contributed by atoms with Crippen LogP contribution in [0.5, 0.6) is 0 Å². The lowest BCUT2D eigenvalue weighted by molar-refractivity contribution is 0.0524. The van der Waals surface area contributed by atoms with Gasteiger partial charge in [-0.3, -0.25) is 4.79 Å². The van der Waals surface area contributed by atoms with E-state index in [0.717, 1.165) is 16.7 Å². The quantitative estimate of drug-likeness (QED) is 0.750. The Morgan fingerprint density at radius 1 is 1.12 bits per heavy atom. The number of nitrogens with zero attached hydrogens (tertiary/aromatic N) is 1. The van der Waals surface area contributed by atoms with E-state index < -0.39 is 5.60 Å². The summed E-state index contributed by atoms with van der Waals surface area (Å²) in [4.78, 5) is 12.0. The number of aromatic nitrogens is 1. The van der Waals surface area contributed by atoms with E-state index in [0.29, 0.717) is 5.76 Å². The van der Waals surface area contributed by atoms with Gasteiger partial charge >= 0.3 is 0 Å². The highest BCUT2D eigenvalue weighted by molar-refractivity contribution is 5.92. The predicted octanol–water partition coefficient (Wildman–Crippen LogP) is 3.29. The third-order valence-corrected chi connectivity index (χ3v) is 4.07. The van der Waals surface area contributed by atoms with E-state index in [-0.39, 0.29) is 18.1 Å². The number of aliphatic hydroxyl groups is 1. The van der Waals surface area contributed by atoms with Crippen molar-refractivity contribution in [1.82, 2.24) is 10.5 Å². The first-order chi connectivity index (χ1) is 12.0. The molecule has 0 aliphatic rings. The zero-order chi connectivity index (χ0) is 17.9. The Labute approximate surface area is 146 Å². The van der Waals surface area contributed by atoms with Crippen LogP contribution < -0.4 is 5.32 Å². The van der Waals surface area contributed by atoms with E-state index in [1.165, 1.54) is 0 Å². The fourth-order valence-electron chi connectivity index (χ4n) is 2.57. The van der Waals surface area contributed by atoms with Crippen LogP contribution in [0.4, 0.5) is 0 Å². The lowest BCUT2D eigenvalue weighted by atomic mass is 9.93. The molecule has 5 heteroatoms. The summed E-state index contributed by atoms with van der Waals surface area (Å²) in [6, 6.07) is 19.2. The van der Waals surface area contributed by atoms with Crippen molar-refractivity contribution < 1.29 is 14.4 Å². The maximum Gasteiger partial charge on any atom is 0.273 e. The van der Waals surface area contributed by atoms with Crippen LogP contribution in [0.3, 0.4) is 0 Å². The number of carbonyl (C=O) groups excluding carboxylic acids is 1. The molecule has 2 aromatic carbocycles. The van der Waals surface area contributed by atoms with Crippen LogP contribution in [0.25, 0.3) is 11.1 Å². The number of rotatable bonds is 5. The Kier molecular flexibility index (Phi) is 4.67. The van der Waals surface area contributed by atoms with Gasteiger partial charge in [-0.15, -0.1) is 0 Å². The molecule has 3 rings (SSSR count). The SMILES string of the molecule is Cc1cc(C(=O)NC[C@@](C)(O)c2ccc(-c3ccccc3)cc2)no1. The van der Waals surface area contributed by atoms with E-state index >= 15 is 0 Å². The Bertz CT molecular complexity index is 852. The van der Waals surface area contributed by atoms with Gasteiger partial charge in [0.2, 0.25) is 0 Å². The zero-order valence-electron chi connectivity index (χ0n) is 14.2. The number of nitrogens with one attached hydrogen (secondary N) is 1. The molecule has 2 N–H and O–H groups in total. The normalized spacial score (nSPS) is 13.2. The minimum absolute atomic E-state index is 0.0718. The topological polar surface area (TPSA) is 75.4 Å². The average molecular weight is 336 g/mol. The first-order valence-electron chi connectivity index (χ1n) is 8.05. The second kappa shape index (κ2) is 6.91. The zero-order valence-corrected chi connectivity index (χ0v) is 14.2. The van der Waals surface area contributed by atoms with Gasteiger partial charge < -0.3 is 14.9 Å². The highest BCUT2D eigenvalue weighted by atomic mass is 16.5.